The Kier molecular flexibility index (Phi) is 4.76. The van der Waals surface area contributed by atoms with Crippen LogP contribution in [0.15, 0.2) is 48.5 Å². The highest BCUT2D eigenvalue weighted by Gasteiger charge is 2.33. The van der Waals surface area contributed by atoms with Gasteiger partial charge in [-0.1, -0.05) is 18.2 Å². The van der Waals surface area contributed by atoms with E-state index < -0.39 is 10.0 Å². The normalized spacial score (nSPS) is 14.2. The van der Waals surface area contributed by atoms with E-state index in [4.69, 9.17) is 0 Å². The van der Waals surface area contributed by atoms with Crippen molar-refractivity contribution in [2.24, 2.45) is 0 Å². The molecule has 1 aliphatic rings. The van der Waals surface area contributed by atoms with Crippen molar-refractivity contribution in [3.63, 3.8) is 0 Å². The van der Waals surface area contributed by atoms with E-state index in [0.717, 1.165) is 19.1 Å². The molecule has 0 atom stereocenters. The van der Waals surface area contributed by atoms with Gasteiger partial charge in [-0.2, -0.15) is 0 Å². The second-order valence-corrected chi connectivity index (χ2v) is 7.93. The number of halogens is 1. The molecule has 1 fully saturated rings. The lowest BCUT2D eigenvalue weighted by molar-refractivity contribution is -0.118. The van der Waals surface area contributed by atoms with E-state index in [1.807, 2.05) is 0 Å². The molecule has 0 saturated heterocycles. The molecular weight excluding hydrogens is 343 g/mol. The summed E-state index contributed by atoms with van der Waals surface area (Å²) >= 11 is 0. The Balaban J connectivity index is 1.79. The zero-order valence-corrected chi connectivity index (χ0v) is 14.6. The fourth-order valence-corrected chi connectivity index (χ4v) is 3.25. The van der Waals surface area contributed by atoms with E-state index >= 15 is 0 Å². The third-order valence-electron chi connectivity index (χ3n) is 3.93. The second kappa shape index (κ2) is 6.84. The molecule has 1 saturated carbocycles. The van der Waals surface area contributed by atoms with Gasteiger partial charge in [-0.15, -0.1) is 0 Å². The molecule has 0 unspecified atom stereocenters. The number of anilines is 2. The number of benzene rings is 2. The highest BCUT2D eigenvalue weighted by molar-refractivity contribution is 7.92. The molecule has 132 valence electrons. The van der Waals surface area contributed by atoms with Crippen LogP contribution in [-0.4, -0.2) is 26.6 Å². The van der Waals surface area contributed by atoms with Crippen LogP contribution in [0.1, 0.15) is 18.4 Å². The number of carbonyl (C=O) groups is 1. The number of amides is 1. The van der Waals surface area contributed by atoms with Gasteiger partial charge in [0, 0.05) is 17.4 Å². The molecule has 3 rings (SSSR count). The van der Waals surface area contributed by atoms with Crippen LogP contribution >= 0.6 is 0 Å². The van der Waals surface area contributed by atoms with Crippen molar-refractivity contribution < 1.29 is 17.6 Å². The summed E-state index contributed by atoms with van der Waals surface area (Å²) in [7, 11) is -3.35. The van der Waals surface area contributed by atoms with Crippen LogP contribution in [0, 0.1) is 5.82 Å². The van der Waals surface area contributed by atoms with Gasteiger partial charge < -0.3 is 4.90 Å². The van der Waals surface area contributed by atoms with Crippen molar-refractivity contribution in [2.45, 2.75) is 25.3 Å². The summed E-state index contributed by atoms with van der Waals surface area (Å²) in [6, 6.07) is 13.0. The van der Waals surface area contributed by atoms with Crippen LogP contribution in [0.3, 0.4) is 0 Å². The first kappa shape index (κ1) is 17.4. The summed E-state index contributed by atoms with van der Waals surface area (Å²) < 4.78 is 38.7. The van der Waals surface area contributed by atoms with E-state index in [-0.39, 0.29) is 24.2 Å². The number of rotatable bonds is 6. The minimum Gasteiger partial charge on any atom is -0.309 e. The molecule has 0 heterocycles. The summed E-state index contributed by atoms with van der Waals surface area (Å²) in [6.45, 7) is 0. The number of hydrogen-bond acceptors (Lipinski definition) is 3. The monoisotopic (exact) mass is 362 g/mol. The predicted molar refractivity (Wildman–Crippen MR) is 95.5 cm³/mol. The third-order valence-corrected chi connectivity index (χ3v) is 4.54. The van der Waals surface area contributed by atoms with E-state index in [9.17, 15) is 17.6 Å². The summed E-state index contributed by atoms with van der Waals surface area (Å²) in [5.74, 6) is -0.560. The van der Waals surface area contributed by atoms with Crippen LogP contribution in [0.2, 0.25) is 0 Å². The topological polar surface area (TPSA) is 66.5 Å². The molecule has 5 nitrogen and oxygen atoms in total. The van der Waals surface area contributed by atoms with E-state index in [1.165, 1.54) is 6.07 Å². The number of nitrogens with one attached hydrogen (secondary N) is 1. The zero-order chi connectivity index (χ0) is 18.0. The van der Waals surface area contributed by atoms with Crippen LogP contribution in [0.25, 0.3) is 0 Å². The zero-order valence-electron chi connectivity index (χ0n) is 13.8. The number of hydrogen-bond donors (Lipinski definition) is 1. The van der Waals surface area contributed by atoms with E-state index in [1.54, 1.807) is 47.4 Å². The summed E-state index contributed by atoms with van der Waals surface area (Å²) in [5, 5.41) is 0. The first-order valence-electron chi connectivity index (χ1n) is 7.97. The molecule has 7 heteroatoms. The Morgan fingerprint density at radius 1 is 1.16 bits per heavy atom. The van der Waals surface area contributed by atoms with Crippen LogP contribution in [0.4, 0.5) is 15.8 Å². The molecule has 0 aromatic heterocycles. The van der Waals surface area contributed by atoms with E-state index in [0.29, 0.717) is 16.9 Å². The molecule has 2 aromatic carbocycles. The van der Waals surface area contributed by atoms with Gasteiger partial charge in [0.1, 0.15) is 5.82 Å². The van der Waals surface area contributed by atoms with Crippen molar-refractivity contribution in [3.05, 3.63) is 59.9 Å². The average Bonchev–Trinajstić information content (AvgIpc) is 3.35. The van der Waals surface area contributed by atoms with Crippen LogP contribution in [0.5, 0.6) is 0 Å². The fraction of sp³-hybridized carbons (Fsp3) is 0.278. The molecule has 1 amide bonds. The van der Waals surface area contributed by atoms with Crippen molar-refractivity contribution in [1.29, 1.82) is 0 Å². The van der Waals surface area contributed by atoms with Crippen LogP contribution in [-0.2, 0) is 21.2 Å². The molecule has 0 aliphatic heterocycles. The minimum absolute atomic E-state index is 0.00743. The van der Waals surface area contributed by atoms with Gasteiger partial charge in [0.2, 0.25) is 15.9 Å². The summed E-state index contributed by atoms with van der Waals surface area (Å²) in [4.78, 5) is 14.4. The van der Waals surface area contributed by atoms with Gasteiger partial charge in [-0.05, 0) is 48.7 Å². The van der Waals surface area contributed by atoms with Gasteiger partial charge in [0.05, 0.1) is 12.7 Å². The SMILES string of the molecule is CS(=O)(=O)Nc1ccc(N(C(=O)Cc2ccccc2F)C2CC2)cc1. The van der Waals surface area contributed by atoms with Gasteiger partial charge in [-0.3, -0.25) is 9.52 Å². The fourth-order valence-electron chi connectivity index (χ4n) is 2.69. The lowest BCUT2D eigenvalue weighted by atomic mass is 10.1. The molecule has 25 heavy (non-hydrogen) atoms. The lowest BCUT2D eigenvalue weighted by Crippen LogP contribution is -2.34. The highest BCUT2D eigenvalue weighted by Crippen LogP contribution is 2.33. The summed E-state index contributed by atoms with van der Waals surface area (Å²) in [6.07, 6.45) is 2.89. The van der Waals surface area contributed by atoms with Gasteiger partial charge in [0.25, 0.3) is 0 Å². The van der Waals surface area contributed by atoms with E-state index in [2.05, 4.69) is 4.72 Å². The number of carbonyl (C=O) groups excluding carboxylic acids is 1. The number of sulfonamides is 1. The molecule has 1 N–H and O–H groups in total. The standard InChI is InChI=1S/C18H19FN2O3S/c1-25(23,24)20-14-6-8-15(9-7-14)21(16-10-11-16)18(22)12-13-4-2-3-5-17(13)19/h2-9,16,20H,10-12H2,1H3. The van der Waals surface area contributed by atoms with Gasteiger partial charge >= 0.3 is 0 Å². The molecule has 0 bridgehead atoms. The maximum absolute atomic E-state index is 13.8. The quantitative estimate of drug-likeness (QED) is 0.859. The largest absolute Gasteiger partial charge is 0.309 e. The molecule has 0 radical (unpaired) electrons. The Bertz CT molecular complexity index is 877. The minimum atomic E-state index is -3.35. The first-order valence-corrected chi connectivity index (χ1v) is 9.86. The lowest BCUT2D eigenvalue weighted by Gasteiger charge is -2.23. The first-order chi connectivity index (χ1) is 11.8. The van der Waals surface area contributed by atoms with Crippen molar-refractivity contribution >= 4 is 27.3 Å². The van der Waals surface area contributed by atoms with Crippen molar-refractivity contribution in [3.8, 4) is 0 Å². The Labute approximate surface area is 146 Å². The molecule has 0 spiro atoms. The Hall–Kier alpha value is -2.41. The molecular formula is C18H19FN2O3S. The number of nitrogens with zero attached hydrogens (tertiary/aromatic N) is 1. The van der Waals surface area contributed by atoms with Crippen molar-refractivity contribution in [1.82, 2.24) is 0 Å². The molecule has 2 aromatic rings. The van der Waals surface area contributed by atoms with Crippen LogP contribution < -0.4 is 9.62 Å². The second-order valence-electron chi connectivity index (χ2n) is 6.18. The Morgan fingerprint density at radius 3 is 2.36 bits per heavy atom. The van der Waals surface area contributed by atoms with Gasteiger partial charge in [0.15, 0.2) is 0 Å². The Morgan fingerprint density at radius 2 is 1.80 bits per heavy atom. The maximum atomic E-state index is 13.8. The third kappa shape index (κ3) is 4.57. The van der Waals surface area contributed by atoms with Gasteiger partial charge in [-0.25, -0.2) is 12.8 Å². The smallest absolute Gasteiger partial charge is 0.231 e. The average molecular weight is 362 g/mol. The maximum Gasteiger partial charge on any atom is 0.231 e. The predicted octanol–water partition coefficient (Wildman–Crippen LogP) is 2.94. The summed E-state index contributed by atoms with van der Waals surface area (Å²) in [5.41, 5.74) is 1.49. The molecule has 1 aliphatic carbocycles. The highest BCUT2D eigenvalue weighted by atomic mass is 32.2. The van der Waals surface area contributed by atoms with Crippen molar-refractivity contribution in [2.75, 3.05) is 15.9 Å².